The van der Waals surface area contributed by atoms with Gasteiger partial charge in [0.15, 0.2) is 5.84 Å². The van der Waals surface area contributed by atoms with E-state index in [1.807, 2.05) is 48.5 Å². The summed E-state index contributed by atoms with van der Waals surface area (Å²) in [6.45, 7) is 16.9. The molecule has 1 aromatic heterocycles. The van der Waals surface area contributed by atoms with Crippen molar-refractivity contribution in [1.29, 1.82) is 0 Å². The van der Waals surface area contributed by atoms with Crippen LogP contribution in [0.2, 0.25) is 0 Å². The van der Waals surface area contributed by atoms with Crippen LogP contribution in [0.1, 0.15) is 25.0 Å². The minimum atomic E-state index is -0.0838. The molecule has 242 valence electrons. The van der Waals surface area contributed by atoms with Crippen molar-refractivity contribution in [3.63, 3.8) is 0 Å². The molecule has 6 aromatic rings. The lowest BCUT2D eigenvalue weighted by Gasteiger charge is -2.11. The van der Waals surface area contributed by atoms with Crippen molar-refractivity contribution >= 4 is 64.3 Å². The van der Waals surface area contributed by atoms with Gasteiger partial charge >= 0.3 is 0 Å². The van der Waals surface area contributed by atoms with Crippen LogP contribution in [-0.4, -0.2) is 42.8 Å². The van der Waals surface area contributed by atoms with Crippen molar-refractivity contribution in [2.75, 3.05) is 6.54 Å². The summed E-state index contributed by atoms with van der Waals surface area (Å²) >= 11 is 0. The number of aliphatic imine (C=N–C) groups is 5. The predicted octanol–water partition coefficient (Wildman–Crippen LogP) is 9.93. The van der Waals surface area contributed by atoms with Crippen LogP contribution >= 0.6 is 0 Å². The molecule has 5 aromatic carbocycles. The quantitative estimate of drug-likeness (QED) is 0.112. The van der Waals surface area contributed by atoms with E-state index in [9.17, 15) is 0 Å². The molecule has 0 saturated heterocycles. The fraction of sp³-hybridized carbons (Fsp3) is 0.140. The molecule has 0 N–H and O–H groups in total. The zero-order valence-corrected chi connectivity index (χ0v) is 28.1. The summed E-state index contributed by atoms with van der Waals surface area (Å²) in [6, 6.07) is 41.5. The lowest BCUT2D eigenvalue weighted by atomic mass is 9.96. The second-order valence-corrected chi connectivity index (χ2v) is 12.5. The summed E-state index contributed by atoms with van der Waals surface area (Å²) in [7, 11) is 0. The van der Waals surface area contributed by atoms with Gasteiger partial charge in [0, 0.05) is 27.3 Å². The third-order valence-corrected chi connectivity index (χ3v) is 8.54. The number of aromatic nitrogens is 1. The van der Waals surface area contributed by atoms with Crippen molar-refractivity contribution < 1.29 is 0 Å². The van der Waals surface area contributed by atoms with Crippen molar-refractivity contribution in [3.8, 4) is 0 Å². The van der Waals surface area contributed by atoms with E-state index in [1.165, 1.54) is 38.1 Å². The highest BCUT2D eigenvalue weighted by Crippen LogP contribution is 2.36. The highest BCUT2D eigenvalue weighted by molar-refractivity contribution is 6.20. The highest BCUT2D eigenvalue weighted by Gasteiger charge is 2.26. The molecule has 0 aliphatic heterocycles. The first-order valence-corrected chi connectivity index (χ1v) is 16.3. The standard InChI is InChI=1S/C28H26N4.C15H14N2/c1-28(2)15-22(23(16-28)30-4)24(17-29-3)31-18-32-25-12-8-7-11-21(25)27-20-10-6-5-9-19(20)13-14-26(27)32;1-16-15(14-10-6-3-7-11-14)17-12-13-8-4-2-5-9-13/h5-16H,3-4,17-18H2,1-2H3;2-11H,1,12H2/b31-24-;. The van der Waals surface area contributed by atoms with Gasteiger partial charge in [0.25, 0.3) is 0 Å². The number of hydrogen-bond acceptors (Lipinski definition) is 4. The van der Waals surface area contributed by atoms with Crippen LogP contribution in [0.5, 0.6) is 0 Å². The van der Waals surface area contributed by atoms with E-state index in [0.29, 0.717) is 25.6 Å². The zero-order chi connectivity index (χ0) is 34.2. The third-order valence-electron chi connectivity index (χ3n) is 8.54. The summed E-state index contributed by atoms with van der Waals surface area (Å²) in [5, 5.41) is 5.02. The fourth-order valence-corrected chi connectivity index (χ4v) is 6.30. The number of rotatable bonds is 9. The molecule has 0 atom stereocenters. The molecule has 0 bridgehead atoms. The lowest BCUT2D eigenvalue weighted by molar-refractivity contribution is 0.634. The summed E-state index contributed by atoms with van der Waals surface area (Å²) < 4.78 is 2.28. The molecule has 6 heteroatoms. The summed E-state index contributed by atoms with van der Waals surface area (Å²) in [4.78, 5) is 21.9. The van der Waals surface area contributed by atoms with Crippen molar-refractivity contribution in [2.45, 2.75) is 27.1 Å². The molecule has 0 radical (unpaired) electrons. The summed E-state index contributed by atoms with van der Waals surface area (Å²) in [6.07, 6.45) is 4.32. The van der Waals surface area contributed by atoms with Gasteiger partial charge in [0.1, 0.15) is 6.67 Å². The van der Waals surface area contributed by atoms with Crippen molar-refractivity contribution in [3.05, 3.63) is 156 Å². The molecular weight excluding hydrogens is 601 g/mol. The van der Waals surface area contributed by atoms with Gasteiger partial charge in [-0.1, -0.05) is 129 Å². The number of fused-ring (bicyclic) bond motifs is 5. The molecule has 6 nitrogen and oxygen atoms in total. The first-order chi connectivity index (χ1) is 23.9. The number of allylic oxidation sites excluding steroid dienone is 3. The first-order valence-electron chi connectivity index (χ1n) is 16.3. The molecule has 7 rings (SSSR count). The van der Waals surface area contributed by atoms with Crippen LogP contribution in [0.25, 0.3) is 32.6 Å². The van der Waals surface area contributed by atoms with Crippen LogP contribution in [0.3, 0.4) is 0 Å². The lowest BCUT2D eigenvalue weighted by Crippen LogP contribution is -2.10. The molecule has 1 heterocycles. The Kier molecular flexibility index (Phi) is 9.96. The number of nitrogens with zero attached hydrogens (tertiary/aromatic N) is 6. The molecule has 0 saturated carbocycles. The summed E-state index contributed by atoms with van der Waals surface area (Å²) in [5.41, 5.74) is 7.19. The highest BCUT2D eigenvalue weighted by atomic mass is 15.1. The largest absolute Gasteiger partial charge is 0.320 e. The fourth-order valence-electron chi connectivity index (χ4n) is 6.30. The Hall–Kier alpha value is -6.01. The van der Waals surface area contributed by atoms with E-state index in [1.54, 1.807) is 0 Å². The molecule has 0 spiro atoms. The number of amidine groups is 1. The maximum Gasteiger partial charge on any atom is 0.154 e. The third kappa shape index (κ3) is 7.29. The average Bonchev–Trinajstić information content (AvgIpc) is 3.64. The average molecular weight is 641 g/mol. The summed E-state index contributed by atoms with van der Waals surface area (Å²) in [5.74, 6) is 0.689. The molecule has 0 amide bonds. The predicted molar refractivity (Wildman–Crippen MR) is 211 cm³/mol. The van der Waals surface area contributed by atoms with E-state index in [4.69, 9.17) is 4.99 Å². The molecule has 0 fully saturated rings. The number of hydrogen-bond donors (Lipinski definition) is 0. The molecule has 1 aliphatic carbocycles. The van der Waals surface area contributed by atoms with E-state index in [-0.39, 0.29) is 5.41 Å². The second-order valence-electron chi connectivity index (χ2n) is 12.5. The molecule has 0 unspecified atom stereocenters. The Morgan fingerprint density at radius 3 is 2.06 bits per heavy atom. The minimum Gasteiger partial charge on any atom is -0.320 e. The van der Waals surface area contributed by atoms with Gasteiger partial charge in [0.2, 0.25) is 0 Å². The van der Waals surface area contributed by atoms with E-state index in [0.717, 1.165) is 22.5 Å². The minimum absolute atomic E-state index is 0.0838. The van der Waals surface area contributed by atoms with E-state index < -0.39 is 0 Å². The maximum absolute atomic E-state index is 5.03. The Balaban J connectivity index is 0.000000207. The molecule has 49 heavy (non-hydrogen) atoms. The van der Waals surface area contributed by atoms with Gasteiger partial charge in [-0.05, 0) is 54.7 Å². The normalized spacial score (nSPS) is 14.2. The maximum atomic E-state index is 5.03. The van der Waals surface area contributed by atoms with Gasteiger partial charge in [-0.15, -0.1) is 0 Å². The van der Waals surface area contributed by atoms with Crippen molar-refractivity contribution in [2.24, 2.45) is 30.4 Å². The van der Waals surface area contributed by atoms with Gasteiger partial charge in [-0.3, -0.25) is 20.0 Å². The van der Waals surface area contributed by atoms with E-state index in [2.05, 4.69) is 143 Å². The monoisotopic (exact) mass is 640 g/mol. The van der Waals surface area contributed by atoms with Crippen LogP contribution in [0, 0.1) is 5.41 Å². The Bertz CT molecular complexity index is 2270. The van der Waals surface area contributed by atoms with Gasteiger partial charge in [0.05, 0.1) is 35.5 Å². The van der Waals surface area contributed by atoms with Gasteiger partial charge < -0.3 is 4.57 Å². The Labute approximate surface area is 288 Å². The van der Waals surface area contributed by atoms with Gasteiger partial charge in [-0.25, -0.2) is 4.99 Å². The molecule has 1 aliphatic rings. The van der Waals surface area contributed by atoms with Crippen LogP contribution in [0.15, 0.2) is 170 Å². The smallest absolute Gasteiger partial charge is 0.154 e. The van der Waals surface area contributed by atoms with E-state index >= 15 is 0 Å². The van der Waals surface area contributed by atoms with Crippen LogP contribution in [-0.2, 0) is 13.2 Å². The Morgan fingerprint density at radius 2 is 1.35 bits per heavy atom. The van der Waals surface area contributed by atoms with Crippen LogP contribution in [0.4, 0.5) is 0 Å². The molecular formula is C43H40N6. The SMILES string of the molecule is C=NC(=NCc1ccccc1)c1ccccc1.C=NC/C(=N/Cn1c2ccccc2c2c3ccccc3ccc21)C1=CC(C)(C)C=C1N=C. The second kappa shape index (κ2) is 14.8. The van der Waals surface area contributed by atoms with Crippen LogP contribution < -0.4 is 0 Å². The van der Waals surface area contributed by atoms with Crippen molar-refractivity contribution in [1.82, 2.24) is 4.57 Å². The Morgan fingerprint density at radius 1 is 0.673 bits per heavy atom. The van der Waals surface area contributed by atoms with Gasteiger partial charge in [-0.2, -0.15) is 0 Å². The number of para-hydroxylation sites is 1. The zero-order valence-electron chi connectivity index (χ0n) is 28.1. The topological polar surface area (TPSA) is 66.7 Å². The number of benzene rings is 5. The first kappa shape index (κ1) is 32.9.